The molecule has 20 heavy (non-hydrogen) atoms. The maximum atomic E-state index is 5.40. The molecule has 1 saturated carbocycles. The second-order valence-corrected chi connectivity index (χ2v) is 5.07. The Hall–Kier alpha value is -1.67. The third kappa shape index (κ3) is 2.91. The fraction of sp³-hybridized carbons (Fsp3) is 0.750. The molecule has 1 aliphatic carbocycles. The number of nitrogens with zero attached hydrogens (tertiary/aromatic N) is 5. The van der Waals surface area contributed by atoms with Crippen molar-refractivity contribution in [2.45, 2.75) is 25.8 Å². The number of nitrogen functional groups attached to an aromatic ring is 1. The van der Waals surface area contributed by atoms with Crippen LogP contribution in [0.25, 0.3) is 0 Å². The van der Waals surface area contributed by atoms with E-state index in [4.69, 9.17) is 10.6 Å². The van der Waals surface area contributed by atoms with Gasteiger partial charge in [0.1, 0.15) is 0 Å². The summed E-state index contributed by atoms with van der Waals surface area (Å²) < 4.78 is 5.35. The van der Waals surface area contributed by atoms with Crippen molar-refractivity contribution in [3.63, 3.8) is 0 Å². The Kier molecular flexibility index (Phi) is 3.83. The zero-order valence-corrected chi connectivity index (χ0v) is 11.7. The third-order valence-electron chi connectivity index (χ3n) is 3.67. The molecule has 0 unspecified atom stereocenters. The van der Waals surface area contributed by atoms with Crippen LogP contribution < -0.4 is 20.9 Å². The van der Waals surface area contributed by atoms with E-state index in [0.717, 1.165) is 32.2 Å². The van der Waals surface area contributed by atoms with Gasteiger partial charge < -0.3 is 9.64 Å². The van der Waals surface area contributed by atoms with Crippen molar-refractivity contribution in [1.82, 2.24) is 19.9 Å². The summed E-state index contributed by atoms with van der Waals surface area (Å²) in [7, 11) is 0. The molecule has 0 aromatic carbocycles. The monoisotopic (exact) mass is 279 g/mol. The van der Waals surface area contributed by atoms with Gasteiger partial charge in [-0.25, -0.2) is 5.84 Å². The predicted octanol–water partition coefficient (Wildman–Crippen LogP) is -0.160. The average Bonchev–Trinajstić information content (AvgIpc) is 3.32. The second kappa shape index (κ2) is 5.76. The van der Waals surface area contributed by atoms with E-state index in [1.807, 2.05) is 6.92 Å². The third-order valence-corrected chi connectivity index (χ3v) is 3.67. The van der Waals surface area contributed by atoms with Crippen LogP contribution >= 0.6 is 0 Å². The van der Waals surface area contributed by atoms with E-state index in [2.05, 4.69) is 30.2 Å². The smallest absolute Gasteiger partial charge is 0.323 e. The molecule has 2 fully saturated rings. The van der Waals surface area contributed by atoms with Crippen molar-refractivity contribution in [2.24, 2.45) is 5.84 Å². The van der Waals surface area contributed by atoms with Crippen molar-refractivity contribution >= 4 is 11.9 Å². The molecule has 0 amide bonds. The highest BCUT2D eigenvalue weighted by molar-refractivity contribution is 5.38. The summed E-state index contributed by atoms with van der Waals surface area (Å²) in [5, 5.41) is 0. The fourth-order valence-electron chi connectivity index (χ4n) is 2.47. The topological polar surface area (TPSA) is 92.4 Å². The first kappa shape index (κ1) is 13.3. The van der Waals surface area contributed by atoms with Gasteiger partial charge in [-0.15, -0.1) is 0 Å². The van der Waals surface area contributed by atoms with E-state index in [-0.39, 0.29) is 0 Å². The summed E-state index contributed by atoms with van der Waals surface area (Å²) in [6, 6.07) is 1.13. The van der Waals surface area contributed by atoms with Crippen molar-refractivity contribution in [2.75, 3.05) is 43.1 Å². The average molecular weight is 279 g/mol. The van der Waals surface area contributed by atoms with E-state index in [1.54, 1.807) is 0 Å². The van der Waals surface area contributed by atoms with E-state index in [0.29, 0.717) is 24.5 Å². The zero-order chi connectivity index (χ0) is 13.9. The summed E-state index contributed by atoms with van der Waals surface area (Å²) in [5.74, 6) is 6.37. The van der Waals surface area contributed by atoms with E-state index < -0.39 is 0 Å². The maximum Gasteiger partial charge on any atom is 0.323 e. The number of aromatic nitrogens is 3. The standard InChI is InChI=1S/C12H21N7O/c1-2-20-12-15-10(17-13)14-11(16-12)19-7-5-18(6-8-19)9-3-4-9/h9H,2-8,13H2,1H3,(H,14,15,16,17). The van der Waals surface area contributed by atoms with Crippen LogP contribution in [-0.2, 0) is 0 Å². The summed E-state index contributed by atoms with van der Waals surface area (Å²) in [5.41, 5.74) is 2.46. The summed E-state index contributed by atoms with van der Waals surface area (Å²) >= 11 is 0. The van der Waals surface area contributed by atoms with Crippen LogP contribution in [0, 0.1) is 0 Å². The first-order valence-corrected chi connectivity index (χ1v) is 7.14. The Balaban J connectivity index is 1.70. The molecule has 1 aromatic rings. The molecule has 2 aliphatic rings. The predicted molar refractivity (Wildman–Crippen MR) is 75.6 cm³/mol. The minimum Gasteiger partial charge on any atom is -0.464 e. The summed E-state index contributed by atoms with van der Waals surface area (Å²) in [4.78, 5) is 17.4. The van der Waals surface area contributed by atoms with Crippen molar-refractivity contribution in [3.8, 4) is 6.01 Å². The molecule has 0 atom stereocenters. The molecule has 110 valence electrons. The van der Waals surface area contributed by atoms with Gasteiger partial charge in [-0.1, -0.05) is 0 Å². The fourth-order valence-corrected chi connectivity index (χ4v) is 2.47. The van der Waals surface area contributed by atoms with E-state index in [1.165, 1.54) is 12.8 Å². The van der Waals surface area contributed by atoms with Crippen LogP contribution in [0.4, 0.5) is 11.9 Å². The van der Waals surface area contributed by atoms with Gasteiger partial charge in [-0.3, -0.25) is 10.3 Å². The lowest BCUT2D eigenvalue weighted by Crippen LogP contribution is -2.47. The summed E-state index contributed by atoms with van der Waals surface area (Å²) in [6.45, 7) is 6.39. The van der Waals surface area contributed by atoms with Crippen LogP contribution in [0.1, 0.15) is 19.8 Å². The Morgan fingerprint density at radius 3 is 2.55 bits per heavy atom. The highest BCUT2D eigenvalue weighted by Gasteiger charge is 2.31. The van der Waals surface area contributed by atoms with Gasteiger partial charge in [0.05, 0.1) is 6.61 Å². The lowest BCUT2D eigenvalue weighted by molar-refractivity contribution is 0.246. The Morgan fingerprint density at radius 2 is 1.95 bits per heavy atom. The van der Waals surface area contributed by atoms with E-state index >= 15 is 0 Å². The van der Waals surface area contributed by atoms with Gasteiger partial charge in [0.15, 0.2) is 0 Å². The molecule has 8 heteroatoms. The van der Waals surface area contributed by atoms with Gasteiger partial charge >= 0.3 is 6.01 Å². The number of nitrogens with two attached hydrogens (primary N) is 1. The molecule has 1 saturated heterocycles. The van der Waals surface area contributed by atoms with Crippen LogP contribution in [0.3, 0.4) is 0 Å². The lowest BCUT2D eigenvalue weighted by atomic mass is 10.3. The molecule has 3 rings (SSSR count). The summed E-state index contributed by atoms with van der Waals surface area (Å²) in [6.07, 6.45) is 2.70. The highest BCUT2D eigenvalue weighted by Crippen LogP contribution is 2.28. The number of ether oxygens (including phenoxy) is 1. The molecule has 2 heterocycles. The SMILES string of the molecule is CCOc1nc(NN)nc(N2CCN(C3CC3)CC2)n1. The molecule has 3 N–H and O–H groups in total. The number of nitrogens with one attached hydrogen (secondary N) is 1. The minimum atomic E-state index is 0.315. The number of rotatable bonds is 5. The van der Waals surface area contributed by atoms with Crippen LogP contribution in [0.5, 0.6) is 6.01 Å². The minimum absolute atomic E-state index is 0.315. The molecular formula is C12H21N7O. The number of hydrazine groups is 1. The van der Waals surface area contributed by atoms with Gasteiger partial charge in [0.25, 0.3) is 0 Å². The molecule has 0 spiro atoms. The maximum absolute atomic E-state index is 5.40. The normalized spacial score (nSPS) is 20.0. The first-order valence-electron chi connectivity index (χ1n) is 7.14. The lowest BCUT2D eigenvalue weighted by Gasteiger charge is -2.34. The van der Waals surface area contributed by atoms with Crippen molar-refractivity contribution in [1.29, 1.82) is 0 Å². The Morgan fingerprint density at radius 1 is 1.20 bits per heavy atom. The molecule has 0 bridgehead atoms. The van der Waals surface area contributed by atoms with Crippen LogP contribution in [0.2, 0.25) is 0 Å². The number of anilines is 2. The van der Waals surface area contributed by atoms with Gasteiger partial charge in [0, 0.05) is 32.2 Å². The largest absolute Gasteiger partial charge is 0.464 e. The van der Waals surface area contributed by atoms with Crippen LogP contribution in [-0.4, -0.2) is 58.7 Å². The molecule has 8 nitrogen and oxygen atoms in total. The highest BCUT2D eigenvalue weighted by atomic mass is 16.5. The van der Waals surface area contributed by atoms with Gasteiger partial charge in [-0.05, 0) is 19.8 Å². The number of hydrogen-bond donors (Lipinski definition) is 2. The first-order chi connectivity index (χ1) is 9.80. The van der Waals surface area contributed by atoms with Crippen molar-refractivity contribution in [3.05, 3.63) is 0 Å². The Labute approximate surface area is 118 Å². The van der Waals surface area contributed by atoms with Crippen LogP contribution in [0.15, 0.2) is 0 Å². The quantitative estimate of drug-likeness (QED) is 0.567. The van der Waals surface area contributed by atoms with Crippen molar-refractivity contribution < 1.29 is 4.74 Å². The Bertz CT molecular complexity index is 457. The molecular weight excluding hydrogens is 258 g/mol. The number of piperazine rings is 1. The molecule has 0 radical (unpaired) electrons. The van der Waals surface area contributed by atoms with E-state index in [9.17, 15) is 0 Å². The van der Waals surface area contributed by atoms with Gasteiger partial charge in [-0.2, -0.15) is 15.0 Å². The van der Waals surface area contributed by atoms with Gasteiger partial charge in [0.2, 0.25) is 11.9 Å². The zero-order valence-electron chi connectivity index (χ0n) is 11.7. The number of hydrogen-bond acceptors (Lipinski definition) is 8. The molecule has 1 aromatic heterocycles. The second-order valence-electron chi connectivity index (χ2n) is 5.07. The molecule has 1 aliphatic heterocycles.